The summed E-state index contributed by atoms with van der Waals surface area (Å²) in [6.45, 7) is 5.63. The molecule has 0 bridgehead atoms. The van der Waals surface area contributed by atoms with E-state index in [9.17, 15) is 0 Å². The molecule has 3 heterocycles. The zero-order chi connectivity index (χ0) is 20.2. The average molecular weight is 399 g/mol. The van der Waals surface area contributed by atoms with Crippen LogP contribution in [0.15, 0.2) is 66.7 Å². The van der Waals surface area contributed by atoms with Gasteiger partial charge in [-0.1, -0.05) is 30.3 Å². The summed E-state index contributed by atoms with van der Waals surface area (Å²) in [6, 6.07) is 22.4. The van der Waals surface area contributed by atoms with E-state index in [1.807, 2.05) is 42.5 Å². The van der Waals surface area contributed by atoms with Crippen molar-refractivity contribution in [1.82, 2.24) is 25.2 Å². The highest BCUT2D eigenvalue weighted by molar-refractivity contribution is 5.76. The van der Waals surface area contributed by atoms with Gasteiger partial charge in [0.2, 0.25) is 0 Å². The third kappa shape index (κ3) is 4.35. The molecule has 152 valence electrons. The second-order valence-corrected chi connectivity index (χ2v) is 7.58. The van der Waals surface area contributed by atoms with E-state index in [-0.39, 0.29) is 0 Å². The first-order valence-corrected chi connectivity index (χ1v) is 10.4. The Kier molecular flexibility index (Phi) is 5.42. The van der Waals surface area contributed by atoms with E-state index >= 15 is 0 Å². The van der Waals surface area contributed by atoms with E-state index in [2.05, 4.69) is 39.5 Å². The maximum atomic E-state index is 5.88. The molecule has 30 heavy (non-hydrogen) atoms. The van der Waals surface area contributed by atoms with Gasteiger partial charge in [-0.3, -0.25) is 4.90 Å². The highest BCUT2D eigenvalue weighted by Gasteiger charge is 2.12. The molecule has 0 unspecified atom stereocenters. The van der Waals surface area contributed by atoms with Crippen LogP contribution in [0, 0.1) is 0 Å². The molecule has 0 amide bonds. The standard InChI is InChI=1S/C24H25N5O/c1-2-4-18(5-3-1)17-30-21-9-6-19(7-10-21)23-27-22-11-8-20(26-24(22)28-23)16-29-14-12-25-13-15-29/h1-11,25H,12-17H2,(H,26,27,28). The van der Waals surface area contributed by atoms with Gasteiger partial charge >= 0.3 is 0 Å². The first-order valence-electron chi connectivity index (χ1n) is 10.4. The molecule has 0 spiro atoms. The lowest BCUT2D eigenvalue weighted by molar-refractivity contribution is 0.231. The molecular formula is C24H25N5O. The summed E-state index contributed by atoms with van der Waals surface area (Å²) in [5, 5.41) is 3.38. The van der Waals surface area contributed by atoms with Crippen molar-refractivity contribution in [2.24, 2.45) is 0 Å². The van der Waals surface area contributed by atoms with Crippen molar-refractivity contribution in [3.63, 3.8) is 0 Å². The molecule has 0 saturated carbocycles. The Bertz CT molecular complexity index is 1100. The number of hydrogen-bond donors (Lipinski definition) is 2. The van der Waals surface area contributed by atoms with Crippen LogP contribution in [-0.2, 0) is 13.2 Å². The molecule has 6 heteroatoms. The van der Waals surface area contributed by atoms with Gasteiger partial charge in [-0.15, -0.1) is 0 Å². The number of aromatic amines is 1. The molecule has 0 aliphatic carbocycles. The normalized spacial score (nSPS) is 14.8. The molecule has 6 nitrogen and oxygen atoms in total. The van der Waals surface area contributed by atoms with E-state index in [0.717, 1.165) is 72.3 Å². The van der Waals surface area contributed by atoms with Crippen molar-refractivity contribution in [2.75, 3.05) is 26.2 Å². The van der Waals surface area contributed by atoms with Crippen LogP contribution in [0.2, 0.25) is 0 Å². The molecule has 4 aromatic rings. The highest BCUT2D eigenvalue weighted by atomic mass is 16.5. The largest absolute Gasteiger partial charge is 0.489 e. The van der Waals surface area contributed by atoms with Crippen LogP contribution in [0.3, 0.4) is 0 Å². The van der Waals surface area contributed by atoms with Crippen LogP contribution < -0.4 is 10.1 Å². The first kappa shape index (κ1) is 18.8. The van der Waals surface area contributed by atoms with E-state index in [0.29, 0.717) is 6.61 Å². The van der Waals surface area contributed by atoms with Crippen molar-refractivity contribution in [3.05, 3.63) is 78.0 Å². The number of pyridine rings is 1. The number of piperazine rings is 1. The number of nitrogens with zero attached hydrogens (tertiary/aromatic N) is 3. The van der Waals surface area contributed by atoms with Crippen molar-refractivity contribution in [3.8, 4) is 17.1 Å². The van der Waals surface area contributed by atoms with Crippen LogP contribution in [0.5, 0.6) is 5.75 Å². The van der Waals surface area contributed by atoms with E-state index in [4.69, 9.17) is 14.7 Å². The third-order valence-electron chi connectivity index (χ3n) is 5.37. The maximum absolute atomic E-state index is 5.88. The van der Waals surface area contributed by atoms with Gasteiger partial charge in [-0.25, -0.2) is 9.97 Å². The quantitative estimate of drug-likeness (QED) is 0.519. The van der Waals surface area contributed by atoms with Gasteiger partial charge in [-0.05, 0) is 42.0 Å². The number of rotatable bonds is 6. The number of nitrogens with one attached hydrogen (secondary N) is 2. The van der Waals surface area contributed by atoms with Crippen LogP contribution in [0.4, 0.5) is 0 Å². The van der Waals surface area contributed by atoms with Gasteiger partial charge in [-0.2, -0.15) is 0 Å². The fourth-order valence-electron chi connectivity index (χ4n) is 3.70. The lowest BCUT2D eigenvalue weighted by Crippen LogP contribution is -2.43. The van der Waals surface area contributed by atoms with Gasteiger partial charge < -0.3 is 15.0 Å². The van der Waals surface area contributed by atoms with E-state index in [1.54, 1.807) is 0 Å². The van der Waals surface area contributed by atoms with Crippen molar-refractivity contribution < 1.29 is 4.74 Å². The summed E-state index contributed by atoms with van der Waals surface area (Å²) in [4.78, 5) is 15.3. The molecule has 2 N–H and O–H groups in total. The van der Waals surface area contributed by atoms with Gasteiger partial charge in [0.1, 0.15) is 18.2 Å². The lowest BCUT2D eigenvalue weighted by atomic mass is 10.2. The average Bonchev–Trinajstić information content (AvgIpc) is 3.23. The van der Waals surface area contributed by atoms with Crippen molar-refractivity contribution >= 4 is 11.2 Å². The highest BCUT2D eigenvalue weighted by Crippen LogP contribution is 2.23. The summed E-state index contributed by atoms with van der Waals surface area (Å²) >= 11 is 0. The monoisotopic (exact) mass is 399 g/mol. The first-order chi connectivity index (χ1) is 14.8. The lowest BCUT2D eigenvalue weighted by Gasteiger charge is -2.26. The Balaban J connectivity index is 1.28. The Hall–Kier alpha value is -3.22. The van der Waals surface area contributed by atoms with E-state index < -0.39 is 0 Å². The Morgan fingerprint density at radius 3 is 2.47 bits per heavy atom. The number of hydrogen-bond acceptors (Lipinski definition) is 5. The Morgan fingerprint density at radius 1 is 0.867 bits per heavy atom. The van der Waals surface area contributed by atoms with Crippen LogP contribution in [-0.4, -0.2) is 46.0 Å². The fourth-order valence-corrected chi connectivity index (χ4v) is 3.70. The minimum atomic E-state index is 0.560. The second kappa shape index (κ2) is 8.65. The van der Waals surface area contributed by atoms with Gasteiger partial charge in [0, 0.05) is 38.3 Å². The predicted molar refractivity (Wildman–Crippen MR) is 118 cm³/mol. The summed E-state index contributed by atoms with van der Waals surface area (Å²) in [5.74, 6) is 1.67. The molecule has 1 saturated heterocycles. The van der Waals surface area contributed by atoms with Crippen molar-refractivity contribution in [2.45, 2.75) is 13.2 Å². The number of aromatic nitrogens is 3. The molecule has 5 rings (SSSR count). The zero-order valence-electron chi connectivity index (χ0n) is 16.8. The number of fused-ring (bicyclic) bond motifs is 1. The minimum Gasteiger partial charge on any atom is -0.489 e. The Labute approximate surface area is 175 Å². The SMILES string of the molecule is c1ccc(COc2ccc(-c3nc4nc(CN5CCNCC5)ccc4[nH]3)cc2)cc1. The van der Waals surface area contributed by atoms with Crippen LogP contribution in [0.1, 0.15) is 11.3 Å². The summed E-state index contributed by atoms with van der Waals surface area (Å²) in [7, 11) is 0. The molecule has 2 aromatic carbocycles. The fraction of sp³-hybridized carbons (Fsp3) is 0.250. The predicted octanol–water partition coefficient (Wildman–Crippen LogP) is 3.61. The molecule has 0 atom stereocenters. The summed E-state index contributed by atoms with van der Waals surface area (Å²) in [5.41, 5.74) is 4.96. The molecule has 1 fully saturated rings. The third-order valence-corrected chi connectivity index (χ3v) is 5.37. The smallest absolute Gasteiger partial charge is 0.178 e. The molecule has 1 aliphatic rings. The second-order valence-electron chi connectivity index (χ2n) is 7.58. The number of H-pyrrole nitrogens is 1. The molecule has 0 radical (unpaired) electrons. The zero-order valence-corrected chi connectivity index (χ0v) is 16.8. The topological polar surface area (TPSA) is 66.1 Å². The number of benzene rings is 2. The summed E-state index contributed by atoms with van der Waals surface area (Å²) < 4.78 is 5.88. The van der Waals surface area contributed by atoms with Crippen LogP contribution in [0.25, 0.3) is 22.6 Å². The molecular weight excluding hydrogens is 374 g/mol. The van der Waals surface area contributed by atoms with Gasteiger partial charge in [0.25, 0.3) is 0 Å². The van der Waals surface area contributed by atoms with Crippen molar-refractivity contribution in [1.29, 1.82) is 0 Å². The number of ether oxygens (including phenoxy) is 1. The van der Waals surface area contributed by atoms with Crippen LogP contribution >= 0.6 is 0 Å². The van der Waals surface area contributed by atoms with E-state index in [1.165, 1.54) is 0 Å². The van der Waals surface area contributed by atoms with Gasteiger partial charge in [0.15, 0.2) is 5.65 Å². The maximum Gasteiger partial charge on any atom is 0.178 e. The number of imidazole rings is 1. The Morgan fingerprint density at radius 2 is 1.67 bits per heavy atom. The minimum absolute atomic E-state index is 0.560. The molecule has 1 aliphatic heterocycles. The van der Waals surface area contributed by atoms with Gasteiger partial charge in [0.05, 0.1) is 11.2 Å². The summed E-state index contributed by atoms with van der Waals surface area (Å²) in [6.07, 6.45) is 0. The molecule has 2 aromatic heterocycles.